The Balaban J connectivity index is 2.28. The zero-order valence-corrected chi connectivity index (χ0v) is 8.75. The molecule has 0 aromatic heterocycles. The average Bonchev–Trinajstić information content (AvgIpc) is 2.56. The minimum atomic E-state index is -0.124. The number of carbonyl (C=O) groups is 1. The monoisotopic (exact) mass is 192 g/mol. The van der Waals surface area contributed by atoms with Crippen LogP contribution in [0.4, 0.5) is 0 Å². The number of ether oxygens (including phenoxy) is 1. The molecule has 0 N–H and O–H groups in total. The first-order valence-corrected chi connectivity index (χ1v) is 5.34. The standard InChI is InChI=1S/C12H16O2/c1-3-8(2)11-9-6-4-5-7-10(9)12(13)14-11/h5,7-8,11H,3-4,6H2,1-2H3. The third kappa shape index (κ3) is 1.39. The van der Waals surface area contributed by atoms with Gasteiger partial charge in [-0.1, -0.05) is 26.0 Å². The number of cyclic esters (lactones) is 1. The lowest BCUT2D eigenvalue weighted by Gasteiger charge is -2.20. The van der Waals surface area contributed by atoms with Crippen LogP contribution >= 0.6 is 0 Å². The van der Waals surface area contributed by atoms with Crippen molar-refractivity contribution in [3.05, 3.63) is 23.3 Å². The number of esters is 1. The molecule has 14 heavy (non-hydrogen) atoms. The number of hydrogen-bond donors (Lipinski definition) is 0. The van der Waals surface area contributed by atoms with E-state index in [0.717, 1.165) is 24.8 Å². The lowest BCUT2D eigenvalue weighted by Crippen LogP contribution is -2.20. The molecular formula is C12H16O2. The van der Waals surface area contributed by atoms with Crippen molar-refractivity contribution in [2.24, 2.45) is 5.92 Å². The lowest BCUT2D eigenvalue weighted by atomic mass is 9.88. The van der Waals surface area contributed by atoms with E-state index in [1.807, 2.05) is 6.08 Å². The zero-order chi connectivity index (χ0) is 10.1. The molecule has 2 unspecified atom stereocenters. The first kappa shape index (κ1) is 9.50. The van der Waals surface area contributed by atoms with Gasteiger partial charge in [0.15, 0.2) is 0 Å². The second kappa shape index (κ2) is 3.60. The molecule has 1 aliphatic carbocycles. The zero-order valence-electron chi connectivity index (χ0n) is 8.75. The molecular weight excluding hydrogens is 176 g/mol. The van der Waals surface area contributed by atoms with Crippen molar-refractivity contribution in [2.75, 3.05) is 0 Å². The van der Waals surface area contributed by atoms with E-state index in [-0.39, 0.29) is 12.1 Å². The molecule has 2 atom stereocenters. The predicted molar refractivity (Wildman–Crippen MR) is 54.7 cm³/mol. The SMILES string of the molecule is CCC(C)C1OC(=O)C2=C1CCC=C2. The Morgan fingerprint density at radius 3 is 3.14 bits per heavy atom. The Hall–Kier alpha value is -1.05. The normalized spacial score (nSPS) is 27.6. The maximum Gasteiger partial charge on any atom is 0.338 e. The van der Waals surface area contributed by atoms with Crippen LogP contribution in [0.5, 0.6) is 0 Å². The highest BCUT2D eigenvalue weighted by Crippen LogP contribution is 2.35. The Morgan fingerprint density at radius 2 is 2.43 bits per heavy atom. The van der Waals surface area contributed by atoms with Crippen molar-refractivity contribution in [1.82, 2.24) is 0 Å². The lowest BCUT2D eigenvalue weighted by molar-refractivity contribution is -0.141. The molecule has 2 nitrogen and oxygen atoms in total. The molecule has 0 radical (unpaired) electrons. The summed E-state index contributed by atoms with van der Waals surface area (Å²) in [6.07, 6.45) is 7.11. The summed E-state index contributed by atoms with van der Waals surface area (Å²) in [4.78, 5) is 11.5. The van der Waals surface area contributed by atoms with E-state index in [2.05, 4.69) is 19.9 Å². The van der Waals surface area contributed by atoms with Crippen LogP contribution in [0.1, 0.15) is 33.1 Å². The van der Waals surface area contributed by atoms with E-state index >= 15 is 0 Å². The number of hydrogen-bond acceptors (Lipinski definition) is 2. The molecule has 2 rings (SSSR count). The van der Waals surface area contributed by atoms with E-state index in [1.54, 1.807) is 0 Å². The smallest absolute Gasteiger partial charge is 0.338 e. The first-order chi connectivity index (χ1) is 6.74. The molecule has 76 valence electrons. The fourth-order valence-electron chi connectivity index (χ4n) is 2.10. The van der Waals surface area contributed by atoms with Crippen molar-refractivity contribution in [1.29, 1.82) is 0 Å². The van der Waals surface area contributed by atoms with Crippen LogP contribution < -0.4 is 0 Å². The van der Waals surface area contributed by atoms with E-state index in [0.29, 0.717) is 5.92 Å². The first-order valence-electron chi connectivity index (χ1n) is 5.34. The molecule has 0 fully saturated rings. The van der Waals surface area contributed by atoms with Crippen molar-refractivity contribution >= 4 is 5.97 Å². The van der Waals surface area contributed by atoms with Gasteiger partial charge in [0.2, 0.25) is 0 Å². The van der Waals surface area contributed by atoms with Crippen molar-refractivity contribution in [2.45, 2.75) is 39.2 Å². The molecule has 0 aromatic carbocycles. The van der Waals surface area contributed by atoms with Gasteiger partial charge in [-0.3, -0.25) is 0 Å². The summed E-state index contributed by atoms with van der Waals surface area (Å²) in [5, 5.41) is 0. The third-order valence-corrected chi connectivity index (χ3v) is 3.17. The van der Waals surface area contributed by atoms with Crippen molar-refractivity contribution in [3.8, 4) is 0 Å². The van der Waals surface area contributed by atoms with Crippen LogP contribution in [0, 0.1) is 5.92 Å². The molecule has 2 heteroatoms. The Labute approximate surface area is 84.6 Å². The topological polar surface area (TPSA) is 26.3 Å². The summed E-state index contributed by atoms with van der Waals surface area (Å²) < 4.78 is 5.40. The van der Waals surface area contributed by atoms with Gasteiger partial charge < -0.3 is 4.74 Å². The van der Waals surface area contributed by atoms with Gasteiger partial charge in [-0.2, -0.15) is 0 Å². The number of carbonyl (C=O) groups excluding carboxylic acids is 1. The Bertz CT molecular complexity index is 312. The van der Waals surface area contributed by atoms with Gasteiger partial charge >= 0.3 is 5.97 Å². The van der Waals surface area contributed by atoms with Crippen LogP contribution in [0.25, 0.3) is 0 Å². The second-order valence-electron chi connectivity index (χ2n) is 4.09. The van der Waals surface area contributed by atoms with Gasteiger partial charge in [0.25, 0.3) is 0 Å². The van der Waals surface area contributed by atoms with Gasteiger partial charge in [0.1, 0.15) is 6.10 Å². The molecule has 0 amide bonds. The molecule has 0 saturated heterocycles. The van der Waals surface area contributed by atoms with E-state index < -0.39 is 0 Å². The summed E-state index contributed by atoms with van der Waals surface area (Å²) in [6, 6.07) is 0. The number of rotatable bonds is 2. The van der Waals surface area contributed by atoms with Gasteiger partial charge in [-0.25, -0.2) is 4.79 Å². The van der Waals surface area contributed by atoms with Crippen LogP contribution in [-0.4, -0.2) is 12.1 Å². The quantitative estimate of drug-likeness (QED) is 0.629. The summed E-state index contributed by atoms with van der Waals surface area (Å²) in [7, 11) is 0. The summed E-state index contributed by atoms with van der Waals surface area (Å²) in [5.41, 5.74) is 2.05. The fourth-order valence-corrected chi connectivity index (χ4v) is 2.10. The highest BCUT2D eigenvalue weighted by molar-refractivity contribution is 5.95. The molecule has 0 bridgehead atoms. The molecule has 2 aliphatic rings. The van der Waals surface area contributed by atoms with Crippen LogP contribution in [-0.2, 0) is 9.53 Å². The summed E-state index contributed by atoms with van der Waals surface area (Å²) >= 11 is 0. The maximum absolute atomic E-state index is 11.5. The molecule has 0 spiro atoms. The Morgan fingerprint density at radius 1 is 1.64 bits per heavy atom. The van der Waals surface area contributed by atoms with E-state index in [1.165, 1.54) is 5.57 Å². The van der Waals surface area contributed by atoms with Crippen LogP contribution in [0.2, 0.25) is 0 Å². The predicted octanol–water partition coefficient (Wildman–Crippen LogP) is 2.60. The minimum absolute atomic E-state index is 0.0486. The second-order valence-corrected chi connectivity index (χ2v) is 4.09. The summed E-state index contributed by atoms with van der Waals surface area (Å²) in [6.45, 7) is 4.28. The molecule has 0 aromatic rings. The van der Waals surface area contributed by atoms with E-state index in [9.17, 15) is 4.79 Å². The van der Waals surface area contributed by atoms with Crippen LogP contribution in [0.3, 0.4) is 0 Å². The minimum Gasteiger partial charge on any atom is -0.454 e. The maximum atomic E-state index is 11.5. The summed E-state index contributed by atoms with van der Waals surface area (Å²) in [5.74, 6) is 0.319. The van der Waals surface area contributed by atoms with Gasteiger partial charge in [-0.05, 0) is 30.8 Å². The Kier molecular flexibility index (Phi) is 2.44. The van der Waals surface area contributed by atoms with Crippen molar-refractivity contribution in [3.63, 3.8) is 0 Å². The molecule has 0 saturated carbocycles. The highest BCUT2D eigenvalue weighted by atomic mass is 16.5. The third-order valence-electron chi connectivity index (χ3n) is 3.17. The number of allylic oxidation sites excluding steroid dienone is 1. The highest BCUT2D eigenvalue weighted by Gasteiger charge is 2.35. The van der Waals surface area contributed by atoms with Gasteiger partial charge in [0.05, 0.1) is 5.57 Å². The van der Waals surface area contributed by atoms with E-state index in [4.69, 9.17) is 4.74 Å². The largest absolute Gasteiger partial charge is 0.454 e. The average molecular weight is 192 g/mol. The van der Waals surface area contributed by atoms with Crippen molar-refractivity contribution < 1.29 is 9.53 Å². The van der Waals surface area contributed by atoms with Crippen LogP contribution in [0.15, 0.2) is 23.3 Å². The van der Waals surface area contributed by atoms with Gasteiger partial charge in [-0.15, -0.1) is 0 Å². The molecule has 1 heterocycles. The molecule has 1 aliphatic heterocycles. The van der Waals surface area contributed by atoms with Gasteiger partial charge in [0, 0.05) is 0 Å². The fraction of sp³-hybridized carbons (Fsp3) is 0.583.